The Bertz CT molecular complexity index is 639. The van der Waals surface area contributed by atoms with Crippen LogP contribution in [-0.2, 0) is 6.54 Å². The van der Waals surface area contributed by atoms with Crippen LogP contribution in [0.1, 0.15) is 24.2 Å². The molecule has 1 aromatic heterocycles. The summed E-state index contributed by atoms with van der Waals surface area (Å²) in [6.07, 6.45) is 2.15. The number of hydrogen-bond acceptors (Lipinski definition) is 3. The van der Waals surface area contributed by atoms with Gasteiger partial charge in [-0.1, -0.05) is 0 Å². The number of fused-ring (bicyclic) bond motifs is 1. The maximum absolute atomic E-state index is 8.77. The molecule has 0 bridgehead atoms. The first-order valence-electron chi connectivity index (χ1n) is 7.30. The van der Waals surface area contributed by atoms with E-state index in [9.17, 15) is 0 Å². The first-order chi connectivity index (χ1) is 10.3. The van der Waals surface area contributed by atoms with E-state index in [1.165, 1.54) is 5.69 Å². The zero-order chi connectivity index (χ0) is 14.7. The van der Waals surface area contributed by atoms with Gasteiger partial charge in [0.05, 0.1) is 11.6 Å². The summed E-state index contributed by atoms with van der Waals surface area (Å²) in [5, 5.41) is 8.77. The van der Waals surface area contributed by atoms with Gasteiger partial charge in [0.25, 0.3) is 0 Å². The molecule has 0 unspecified atom stereocenters. The predicted octanol–water partition coefficient (Wildman–Crippen LogP) is 2.82. The van der Waals surface area contributed by atoms with Gasteiger partial charge in [0.15, 0.2) is 0 Å². The third-order valence-electron chi connectivity index (χ3n) is 4.10. The highest BCUT2D eigenvalue weighted by atomic mass is 16.5. The van der Waals surface area contributed by atoms with E-state index in [-0.39, 0.29) is 0 Å². The van der Waals surface area contributed by atoms with Crippen LogP contribution in [0.15, 0.2) is 42.6 Å². The van der Waals surface area contributed by atoms with Crippen LogP contribution in [0.2, 0.25) is 0 Å². The molecule has 1 aliphatic rings. The minimum Gasteiger partial charge on any atom is -0.492 e. The summed E-state index contributed by atoms with van der Waals surface area (Å²) < 4.78 is 8.09. The smallest absolute Gasteiger partial charge is 0.119 e. The predicted molar refractivity (Wildman–Crippen MR) is 81.1 cm³/mol. The Balaban J connectivity index is 1.53. The van der Waals surface area contributed by atoms with Gasteiger partial charge in [-0.05, 0) is 43.3 Å². The van der Waals surface area contributed by atoms with Gasteiger partial charge in [-0.2, -0.15) is 5.26 Å². The van der Waals surface area contributed by atoms with E-state index in [0.717, 1.165) is 25.4 Å². The highest BCUT2D eigenvalue weighted by molar-refractivity contribution is 5.34. The van der Waals surface area contributed by atoms with Gasteiger partial charge in [-0.25, -0.2) is 0 Å². The summed E-state index contributed by atoms with van der Waals surface area (Å²) in [5.74, 6) is 0.821. The summed E-state index contributed by atoms with van der Waals surface area (Å²) in [4.78, 5) is 2.44. The number of nitriles is 1. The molecule has 4 nitrogen and oxygen atoms in total. The first-order valence-corrected chi connectivity index (χ1v) is 7.30. The highest BCUT2D eigenvalue weighted by Crippen LogP contribution is 2.24. The quantitative estimate of drug-likeness (QED) is 0.865. The molecule has 108 valence electrons. The second-order valence-electron chi connectivity index (χ2n) is 5.32. The lowest BCUT2D eigenvalue weighted by molar-refractivity contribution is 0.139. The minimum absolute atomic E-state index is 0.429. The van der Waals surface area contributed by atoms with Crippen molar-refractivity contribution in [1.82, 2.24) is 9.47 Å². The lowest BCUT2D eigenvalue weighted by Crippen LogP contribution is -2.38. The maximum Gasteiger partial charge on any atom is 0.119 e. The number of aromatic nitrogens is 1. The van der Waals surface area contributed by atoms with Gasteiger partial charge in [0.1, 0.15) is 12.4 Å². The Kier molecular flexibility index (Phi) is 3.94. The van der Waals surface area contributed by atoms with Crippen LogP contribution in [0.3, 0.4) is 0 Å². The summed E-state index contributed by atoms with van der Waals surface area (Å²) in [7, 11) is 0. The van der Waals surface area contributed by atoms with E-state index in [1.54, 1.807) is 12.1 Å². The van der Waals surface area contributed by atoms with Crippen molar-refractivity contribution in [1.29, 1.82) is 5.26 Å². The lowest BCUT2D eigenvalue weighted by Gasteiger charge is -2.34. The molecule has 0 saturated heterocycles. The third-order valence-corrected chi connectivity index (χ3v) is 4.10. The molecule has 1 aromatic carbocycles. The number of benzene rings is 1. The van der Waals surface area contributed by atoms with Crippen LogP contribution in [0, 0.1) is 11.3 Å². The standard InChI is InChI=1S/C17H19N3O/c1-14-17-3-2-8-20(17)10-9-19(14)11-12-21-16-6-4-15(13-18)5-7-16/h2-8,14H,9-12H2,1H3/t14-/m0/s1. The van der Waals surface area contributed by atoms with Gasteiger partial charge in [0, 0.05) is 37.6 Å². The minimum atomic E-state index is 0.429. The normalized spacial score (nSPS) is 18.0. The van der Waals surface area contributed by atoms with E-state index in [2.05, 4.69) is 40.8 Å². The molecule has 0 N–H and O–H groups in total. The van der Waals surface area contributed by atoms with Crippen molar-refractivity contribution in [2.75, 3.05) is 19.7 Å². The van der Waals surface area contributed by atoms with Crippen molar-refractivity contribution in [3.63, 3.8) is 0 Å². The fourth-order valence-corrected chi connectivity index (χ4v) is 2.84. The largest absolute Gasteiger partial charge is 0.492 e. The average molecular weight is 281 g/mol. The fourth-order valence-electron chi connectivity index (χ4n) is 2.84. The Labute approximate surface area is 125 Å². The molecular weight excluding hydrogens is 262 g/mol. The molecule has 1 atom stereocenters. The Hall–Kier alpha value is -2.25. The van der Waals surface area contributed by atoms with Crippen LogP contribution in [0.25, 0.3) is 0 Å². The maximum atomic E-state index is 8.77. The Morgan fingerprint density at radius 1 is 1.24 bits per heavy atom. The van der Waals surface area contributed by atoms with Crippen LogP contribution in [-0.4, -0.2) is 29.2 Å². The monoisotopic (exact) mass is 281 g/mol. The first kappa shape index (κ1) is 13.7. The van der Waals surface area contributed by atoms with Crippen molar-refractivity contribution < 1.29 is 4.74 Å². The summed E-state index contributed by atoms with van der Waals surface area (Å²) in [6.45, 7) is 5.92. The molecule has 2 aromatic rings. The molecule has 0 amide bonds. The highest BCUT2D eigenvalue weighted by Gasteiger charge is 2.22. The van der Waals surface area contributed by atoms with E-state index in [4.69, 9.17) is 10.00 Å². The lowest BCUT2D eigenvalue weighted by atomic mass is 10.1. The summed E-state index contributed by atoms with van der Waals surface area (Å²) in [5.41, 5.74) is 2.03. The third kappa shape index (κ3) is 2.93. The molecule has 21 heavy (non-hydrogen) atoms. The van der Waals surface area contributed by atoms with Gasteiger partial charge < -0.3 is 9.30 Å². The van der Waals surface area contributed by atoms with Crippen LogP contribution in [0.5, 0.6) is 5.75 Å². The zero-order valence-electron chi connectivity index (χ0n) is 12.2. The number of nitrogens with zero attached hydrogens (tertiary/aromatic N) is 3. The van der Waals surface area contributed by atoms with Gasteiger partial charge >= 0.3 is 0 Å². The van der Waals surface area contributed by atoms with Crippen molar-refractivity contribution in [3.05, 3.63) is 53.9 Å². The van der Waals surface area contributed by atoms with Crippen molar-refractivity contribution in [2.24, 2.45) is 0 Å². The van der Waals surface area contributed by atoms with Crippen molar-refractivity contribution >= 4 is 0 Å². The second kappa shape index (κ2) is 6.02. The van der Waals surface area contributed by atoms with Crippen LogP contribution >= 0.6 is 0 Å². The zero-order valence-corrected chi connectivity index (χ0v) is 12.2. The molecular formula is C17H19N3O. The molecule has 4 heteroatoms. The molecule has 0 spiro atoms. The molecule has 1 aliphatic heterocycles. The van der Waals surface area contributed by atoms with Crippen LogP contribution < -0.4 is 4.74 Å². The van der Waals surface area contributed by atoms with Crippen LogP contribution in [0.4, 0.5) is 0 Å². The van der Waals surface area contributed by atoms with E-state index < -0.39 is 0 Å². The van der Waals surface area contributed by atoms with E-state index >= 15 is 0 Å². The SMILES string of the molecule is C[C@H]1c2cccn2CCN1CCOc1ccc(C#N)cc1. The Morgan fingerprint density at radius 2 is 2.05 bits per heavy atom. The number of rotatable bonds is 4. The average Bonchev–Trinajstić information content (AvgIpc) is 3.00. The van der Waals surface area contributed by atoms with E-state index in [0.29, 0.717) is 18.2 Å². The topological polar surface area (TPSA) is 41.2 Å². The van der Waals surface area contributed by atoms with E-state index in [1.807, 2.05) is 12.1 Å². The molecule has 0 radical (unpaired) electrons. The fraction of sp³-hybridized carbons (Fsp3) is 0.353. The Morgan fingerprint density at radius 3 is 2.81 bits per heavy atom. The second-order valence-corrected chi connectivity index (χ2v) is 5.32. The molecule has 0 aliphatic carbocycles. The van der Waals surface area contributed by atoms with Gasteiger partial charge in [0.2, 0.25) is 0 Å². The summed E-state index contributed by atoms with van der Waals surface area (Å²) in [6, 6.07) is 14.1. The molecule has 2 heterocycles. The molecule has 0 fully saturated rings. The number of hydrogen-bond donors (Lipinski definition) is 0. The van der Waals surface area contributed by atoms with Gasteiger partial charge in [-0.15, -0.1) is 0 Å². The number of ether oxygens (including phenoxy) is 1. The van der Waals surface area contributed by atoms with Crippen molar-refractivity contribution in [3.8, 4) is 11.8 Å². The molecule has 0 saturated carbocycles. The molecule has 3 rings (SSSR count). The van der Waals surface area contributed by atoms with Crippen molar-refractivity contribution in [2.45, 2.75) is 19.5 Å². The van der Waals surface area contributed by atoms with Gasteiger partial charge in [-0.3, -0.25) is 4.90 Å². The summed E-state index contributed by atoms with van der Waals surface area (Å²) >= 11 is 0.